The van der Waals surface area contributed by atoms with Gasteiger partial charge in [0.05, 0.1) is 4.90 Å². The number of carbonyl (C=O) groups is 5. The number of hydrogen-bond donors (Lipinski definition) is 5. The van der Waals surface area contributed by atoms with Gasteiger partial charge in [0.15, 0.2) is 9.84 Å². The molecule has 0 unspecified atom stereocenters. The number of amides is 5. The predicted molar refractivity (Wildman–Crippen MR) is 187 cm³/mol. The highest BCUT2D eigenvalue weighted by atomic mass is 32.2. The number of carbonyl (C=O) groups excluding carboxylic acids is 5. The summed E-state index contributed by atoms with van der Waals surface area (Å²) in [6.07, 6.45) is 4.86. The van der Waals surface area contributed by atoms with E-state index in [1.165, 1.54) is 42.2 Å². The lowest BCUT2D eigenvalue weighted by molar-refractivity contribution is -0.141. The maximum absolute atomic E-state index is 13.7. The van der Waals surface area contributed by atoms with Crippen molar-refractivity contribution in [3.8, 4) is 5.75 Å². The van der Waals surface area contributed by atoms with Crippen molar-refractivity contribution in [2.24, 2.45) is 11.8 Å². The Bertz CT molecular complexity index is 1430. The average Bonchev–Trinajstić information content (AvgIpc) is 3.50. The monoisotopic (exact) mass is 705 g/mol. The van der Waals surface area contributed by atoms with Crippen LogP contribution in [0.5, 0.6) is 5.75 Å². The largest absolute Gasteiger partial charge is 0.508 e. The molecule has 0 radical (unpaired) electrons. The first-order chi connectivity index (χ1) is 22.9. The number of phenolic OH excluding ortho intramolecular Hbond substituents is 1. The molecule has 0 saturated carbocycles. The van der Waals surface area contributed by atoms with Gasteiger partial charge in [0.2, 0.25) is 29.5 Å². The number of rotatable bonds is 18. The molecule has 5 amide bonds. The summed E-state index contributed by atoms with van der Waals surface area (Å²) in [5.41, 5.74) is 0. The molecule has 1 heterocycles. The van der Waals surface area contributed by atoms with E-state index in [9.17, 15) is 37.5 Å². The molecule has 1 fully saturated rings. The van der Waals surface area contributed by atoms with Gasteiger partial charge in [-0.2, -0.15) is 0 Å². The van der Waals surface area contributed by atoms with Crippen LogP contribution in [-0.4, -0.2) is 84.7 Å². The minimum atomic E-state index is -3.86. The first-order valence-corrected chi connectivity index (χ1v) is 18.7. The number of hydrogen-bond acceptors (Lipinski definition) is 8. The molecule has 0 aromatic heterocycles. The fourth-order valence-electron chi connectivity index (χ4n) is 5.73. The average molecular weight is 706 g/mol. The van der Waals surface area contributed by atoms with Gasteiger partial charge in [-0.1, -0.05) is 53.5 Å². The zero-order valence-corrected chi connectivity index (χ0v) is 30.6. The number of nitrogens with one attached hydrogen (secondary N) is 4. The van der Waals surface area contributed by atoms with E-state index in [4.69, 9.17) is 0 Å². The maximum atomic E-state index is 13.7. The minimum absolute atomic E-state index is 0.00591. The van der Waals surface area contributed by atoms with Crippen molar-refractivity contribution < 1.29 is 37.5 Å². The molecule has 1 aliphatic rings. The summed E-state index contributed by atoms with van der Waals surface area (Å²) < 4.78 is 25.8. The van der Waals surface area contributed by atoms with Crippen LogP contribution in [0.15, 0.2) is 40.6 Å². The number of likely N-dealkylation sites (tertiary alicyclic amines) is 1. The third kappa shape index (κ3) is 13.5. The molecule has 49 heavy (non-hydrogen) atoms. The normalized spacial score (nSPS) is 17.4. The SMILES string of the molecule is CCCC[C@H](NC(=O)[C@@H]1CCCN1C(=O)[C@H](C)NC(C)=O)C(=O)N[C@@H](CC(C)C)C(=O)N[C@@H](/C=C/S(=O)(=O)c1ccc(O)cc1)CC(C)C. The van der Waals surface area contributed by atoms with Crippen molar-refractivity contribution in [2.45, 2.75) is 129 Å². The molecule has 5 N–H and O–H groups in total. The van der Waals surface area contributed by atoms with Crippen molar-refractivity contribution in [3.63, 3.8) is 0 Å². The Morgan fingerprint density at radius 1 is 0.898 bits per heavy atom. The quantitative estimate of drug-likeness (QED) is 0.154. The standard InChI is InChI=1S/C35H55N5O8S/c1-8-9-11-29(38-34(45)31-12-10-18-40(31)35(46)24(6)36-25(7)41)32(43)39-30(21-23(4)5)33(44)37-26(20-22(2)3)17-19-49(47,48)28-15-13-27(42)14-16-28/h13-17,19,22-24,26,29-31,42H,8-12,18,20-21H2,1-7H3,(H,36,41)(H,37,44)(H,38,45)(H,39,43)/b19-17+/t24-,26-,29-,30-,31-/m0/s1. The molecule has 1 aromatic carbocycles. The second-order valence-electron chi connectivity index (χ2n) is 13.6. The first kappa shape index (κ1) is 41.2. The molecular formula is C35H55N5O8S. The van der Waals surface area contributed by atoms with E-state index in [-0.39, 0.29) is 34.3 Å². The van der Waals surface area contributed by atoms with Gasteiger partial charge in [-0.15, -0.1) is 0 Å². The molecule has 2 rings (SSSR count). The van der Waals surface area contributed by atoms with Crippen LogP contribution in [0.25, 0.3) is 0 Å². The van der Waals surface area contributed by atoms with Gasteiger partial charge in [0.1, 0.15) is 29.9 Å². The van der Waals surface area contributed by atoms with E-state index < -0.39 is 57.8 Å². The Balaban J connectivity index is 2.23. The van der Waals surface area contributed by atoms with Gasteiger partial charge in [-0.3, -0.25) is 24.0 Å². The Labute approximate surface area is 291 Å². The number of aromatic hydroxyl groups is 1. The third-order valence-electron chi connectivity index (χ3n) is 8.16. The topological polar surface area (TPSA) is 191 Å². The molecular weight excluding hydrogens is 650 g/mol. The van der Waals surface area contributed by atoms with Crippen LogP contribution >= 0.6 is 0 Å². The first-order valence-electron chi connectivity index (χ1n) is 17.2. The Kier molecular flexibility index (Phi) is 16.2. The van der Waals surface area contributed by atoms with Gasteiger partial charge in [0, 0.05) is 24.9 Å². The molecule has 1 saturated heterocycles. The summed E-state index contributed by atoms with van der Waals surface area (Å²) in [6.45, 7) is 12.9. The summed E-state index contributed by atoms with van der Waals surface area (Å²) in [7, 11) is -3.86. The van der Waals surface area contributed by atoms with Crippen LogP contribution in [0.2, 0.25) is 0 Å². The van der Waals surface area contributed by atoms with Crippen LogP contribution in [0, 0.1) is 11.8 Å². The van der Waals surface area contributed by atoms with E-state index in [0.29, 0.717) is 45.1 Å². The maximum Gasteiger partial charge on any atom is 0.245 e. The van der Waals surface area contributed by atoms with Crippen molar-refractivity contribution >= 4 is 39.4 Å². The van der Waals surface area contributed by atoms with Crippen LogP contribution < -0.4 is 21.3 Å². The summed E-state index contributed by atoms with van der Waals surface area (Å²) in [4.78, 5) is 66.8. The number of unbranched alkanes of at least 4 members (excludes halogenated alkanes) is 1. The van der Waals surface area contributed by atoms with Gasteiger partial charge in [-0.05, 0) is 75.1 Å². The lowest BCUT2D eigenvalue weighted by atomic mass is 9.99. The van der Waals surface area contributed by atoms with Gasteiger partial charge >= 0.3 is 0 Å². The fourth-order valence-corrected chi connectivity index (χ4v) is 6.80. The molecule has 0 bridgehead atoms. The van der Waals surface area contributed by atoms with Crippen molar-refractivity contribution in [1.82, 2.24) is 26.2 Å². The van der Waals surface area contributed by atoms with E-state index in [1.807, 2.05) is 34.6 Å². The van der Waals surface area contributed by atoms with E-state index in [2.05, 4.69) is 21.3 Å². The Morgan fingerprint density at radius 3 is 2.08 bits per heavy atom. The van der Waals surface area contributed by atoms with E-state index in [0.717, 1.165) is 11.8 Å². The van der Waals surface area contributed by atoms with Crippen LogP contribution in [0.1, 0.15) is 93.4 Å². The highest BCUT2D eigenvalue weighted by Crippen LogP contribution is 2.20. The highest BCUT2D eigenvalue weighted by Gasteiger charge is 2.38. The predicted octanol–water partition coefficient (Wildman–Crippen LogP) is 2.93. The molecule has 1 aromatic rings. The summed E-state index contributed by atoms with van der Waals surface area (Å²) in [5.74, 6) is -2.18. The van der Waals surface area contributed by atoms with Crippen LogP contribution in [0.3, 0.4) is 0 Å². The van der Waals surface area contributed by atoms with Crippen LogP contribution in [0.4, 0.5) is 0 Å². The fraction of sp³-hybridized carbons (Fsp3) is 0.629. The summed E-state index contributed by atoms with van der Waals surface area (Å²) in [5, 5.41) is 21.7. The van der Waals surface area contributed by atoms with Gasteiger partial charge in [-0.25, -0.2) is 8.42 Å². The van der Waals surface area contributed by atoms with Gasteiger partial charge in [0.25, 0.3) is 0 Å². The highest BCUT2D eigenvalue weighted by molar-refractivity contribution is 7.94. The number of benzene rings is 1. The third-order valence-corrected chi connectivity index (χ3v) is 9.60. The zero-order chi connectivity index (χ0) is 36.9. The Hall–Kier alpha value is -3.94. The molecule has 1 aliphatic heterocycles. The second-order valence-corrected chi connectivity index (χ2v) is 15.5. The molecule has 274 valence electrons. The van der Waals surface area contributed by atoms with E-state index >= 15 is 0 Å². The van der Waals surface area contributed by atoms with Crippen molar-refractivity contribution in [2.75, 3.05) is 6.54 Å². The number of nitrogens with zero attached hydrogens (tertiary/aromatic N) is 1. The molecule has 5 atom stereocenters. The van der Waals surface area contributed by atoms with Gasteiger partial charge < -0.3 is 31.3 Å². The minimum Gasteiger partial charge on any atom is -0.508 e. The summed E-state index contributed by atoms with van der Waals surface area (Å²) >= 11 is 0. The number of sulfone groups is 1. The van der Waals surface area contributed by atoms with Crippen molar-refractivity contribution in [3.05, 3.63) is 35.7 Å². The smallest absolute Gasteiger partial charge is 0.245 e. The Morgan fingerprint density at radius 2 is 1.51 bits per heavy atom. The van der Waals surface area contributed by atoms with E-state index in [1.54, 1.807) is 6.92 Å². The molecule has 13 nitrogen and oxygen atoms in total. The molecule has 14 heteroatoms. The number of phenols is 1. The second kappa shape index (κ2) is 19.3. The zero-order valence-electron chi connectivity index (χ0n) is 29.8. The lowest BCUT2D eigenvalue weighted by Gasteiger charge is -2.29. The molecule has 0 aliphatic carbocycles. The van der Waals surface area contributed by atoms with Crippen LogP contribution in [-0.2, 0) is 33.8 Å². The summed E-state index contributed by atoms with van der Waals surface area (Å²) in [6, 6.07) is 0.966. The lowest BCUT2D eigenvalue weighted by Crippen LogP contribution is -2.58. The molecule has 0 spiro atoms. The van der Waals surface area contributed by atoms with Crippen molar-refractivity contribution in [1.29, 1.82) is 0 Å².